The number of carboxylic acid groups (broad SMARTS) is 1. The van der Waals surface area contributed by atoms with Crippen LogP contribution in [0.15, 0.2) is 72.8 Å². The number of aryl methyl sites for hydroxylation is 1. The minimum absolute atomic E-state index is 0.121. The highest BCUT2D eigenvalue weighted by atomic mass is 16.4. The number of anilines is 1. The molecule has 1 aromatic heterocycles. The van der Waals surface area contributed by atoms with Gasteiger partial charge in [0.15, 0.2) is 5.82 Å². The Morgan fingerprint density at radius 2 is 1.83 bits per heavy atom. The van der Waals surface area contributed by atoms with Gasteiger partial charge in [-0.05, 0) is 61.6 Å². The third-order valence-electron chi connectivity index (χ3n) is 6.62. The molecule has 7 nitrogen and oxygen atoms in total. The standard InChI is InChI=1S/C28H28N4O3/c1-18-13-14-20-23(16-18)29-26(21-10-5-6-12-25(21)33)31-27(20)32-15-7-11-22(30-28(34)35)24(32)17-19-8-3-2-4-9-19/h2-6,8-10,12-14,16,22,24,30,33H,7,11,15,17H2,1H3,(H,34,35). The highest BCUT2D eigenvalue weighted by Crippen LogP contribution is 2.35. The third-order valence-corrected chi connectivity index (χ3v) is 6.62. The predicted octanol–water partition coefficient (Wildman–Crippen LogP) is 5.16. The van der Waals surface area contributed by atoms with Crippen LogP contribution in [0.1, 0.15) is 24.0 Å². The maximum absolute atomic E-state index is 11.7. The number of para-hydroxylation sites is 1. The molecule has 0 saturated carbocycles. The molecule has 1 saturated heterocycles. The molecule has 35 heavy (non-hydrogen) atoms. The molecule has 1 aliphatic rings. The number of aromatic nitrogens is 2. The maximum atomic E-state index is 11.7. The Morgan fingerprint density at radius 1 is 1.06 bits per heavy atom. The van der Waals surface area contributed by atoms with Gasteiger partial charge in [-0.1, -0.05) is 48.5 Å². The zero-order valence-electron chi connectivity index (χ0n) is 19.6. The summed E-state index contributed by atoms with van der Waals surface area (Å²) in [5.41, 5.74) is 3.57. The zero-order valence-corrected chi connectivity index (χ0v) is 19.6. The van der Waals surface area contributed by atoms with E-state index in [2.05, 4.69) is 22.3 Å². The SMILES string of the molecule is Cc1ccc2c(N3CCCC(NC(=O)O)C3Cc3ccccc3)nc(-c3ccccc3O)nc2c1. The van der Waals surface area contributed by atoms with Crippen LogP contribution in [0.2, 0.25) is 0 Å². The highest BCUT2D eigenvalue weighted by Gasteiger charge is 2.34. The van der Waals surface area contributed by atoms with E-state index in [1.165, 1.54) is 0 Å². The van der Waals surface area contributed by atoms with Crippen molar-refractivity contribution in [2.45, 2.75) is 38.3 Å². The van der Waals surface area contributed by atoms with Crippen molar-refractivity contribution in [2.75, 3.05) is 11.4 Å². The Labute approximate surface area is 204 Å². The van der Waals surface area contributed by atoms with Crippen molar-refractivity contribution in [2.24, 2.45) is 0 Å². The molecule has 2 unspecified atom stereocenters. The summed E-state index contributed by atoms with van der Waals surface area (Å²) < 4.78 is 0. The number of amides is 1. The topological polar surface area (TPSA) is 98.6 Å². The molecule has 7 heteroatoms. The number of benzene rings is 3. The largest absolute Gasteiger partial charge is 0.507 e. The Kier molecular flexibility index (Phi) is 6.23. The number of fused-ring (bicyclic) bond motifs is 1. The summed E-state index contributed by atoms with van der Waals surface area (Å²) in [7, 11) is 0. The van der Waals surface area contributed by atoms with Crippen LogP contribution >= 0.6 is 0 Å². The van der Waals surface area contributed by atoms with Crippen LogP contribution in [-0.2, 0) is 6.42 Å². The van der Waals surface area contributed by atoms with Gasteiger partial charge in [0, 0.05) is 11.9 Å². The lowest BCUT2D eigenvalue weighted by molar-refractivity contribution is 0.183. The van der Waals surface area contributed by atoms with E-state index in [4.69, 9.17) is 9.97 Å². The lowest BCUT2D eigenvalue weighted by Crippen LogP contribution is -2.56. The molecule has 1 amide bonds. The van der Waals surface area contributed by atoms with E-state index < -0.39 is 6.09 Å². The van der Waals surface area contributed by atoms with Crippen LogP contribution in [0.4, 0.5) is 10.6 Å². The summed E-state index contributed by atoms with van der Waals surface area (Å²) in [4.78, 5) is 23.6. The van der Waals surface area contributed by atoms with Crippen LogP contribution in [-0.4, -0.2) is 44.9 Å². The van der Waals surface area contributed by atoms with Crippen molar-refractivity contribution < 1.29 is 15.0 Å². The zero-order chi connectivity index (χ0) is 24.4. The van der Waals surface area contributed by atoms with Crippen molar-refractivity contribution in [3.8, 4) is 17.1 Å². The van der Waals surface area contributed by atoms with Gasteiger partial charge in [0.25, 0.3) is 0 Å². The fourth-order valence-corrected chi connectivity index (χ4v) is 4.98. The average molecular weight is 469 g/mol. The summed E-state index contributed by atoms with van der Waals surface area (Å²) in [6.45, 7) is 2.77. The minimum atomic E-state index is -1.02. The van der Waals surface area contributed by atoms with Gasteiger partial charge in [0.05, 0.1) is 23.2 Å². The predicted molar refractivity (Wildman–Crippen MR) is 137 cm³/mol. The van der Waals surface area contributed by atoms with Gasteiger partial charge in [0.1, 0.15) is 11.6 Å². The number of hydrogen-bond acceptors (Lipinski definition) is 5. The number of nitrogens with one attached hydrogen (secondary N) is 1. The number of hydrogen-bond donors (Lipinski definition) is 3. The molecule has 2 heterocycles. The maximum Gasteiger partial charge on any atom is 0.404 e. The monoisotopic (exact) mass is 468 g/mol. The molecule has 0 bridgehead atoms. The average Bonchev–Trinajstić information content (AvgIpc) is 2.85. The molecule has 1 fully saturated rings. The fraction of sp³-hybridized carbons (Fsp3) is 0.250. The molecule has 3 aromatic carbocycles. The Hall–Kier alpha value is -4.13. The van der Waals surface area contributed by atoms with Gasteiger partial charge in [-0.2, -0.15) is 0 Å². The van der Waals surface area contributed by atoms with Gasteiger partial charge in [-0.3, -0.25) is 0 Å². The Morgan fingerprint density at radius 3 is 2.60 bits per heavy atom. The molecule has 3 N–H and O–H groups in total. The first-order valence-electron chi connectivity index (χ1n) is 11.9. The van der Waals surface area contributed by atoms with E-state index in [1.807, 2.05) is 55.5 Å². The highest BCUT2D eigenvalue weighted by molar-refractivity contribution is 5.92. The number of phenols is 1. The fourth-order valence-electron chi connectivity index (χ4n) is 4.98. The van der Waals surface area contributed by atoms with Gasteiger partial charge >= 0.3 is 6.09 Å². The van der Waals surface area contributed by atoms with Crippen molar-refractivity contribution in [1.29, 1.82) is 0 Å². The summed E-state index contributed by atoms with van der Waals surface area (Å²) >= 11 is 0. The number of aromatic hydroxyl groups is 1. The summed E-state index contributed by atoms with van der Waals surface area (Å²) in [5.74, 6) is 1.32. The summed E-state index contributed by atoms with van der Waals surface area (Å²) in [5, 5.41) is 23.7. The molecular weight excluding hydrogens is 440 g/mol. The van der Waals surface area contributed by atoms with Gasteiger partial charge < -0.3 is 20.4 Å². The minimum Gasteiger partial charge on any atom is -0.507 e. The van der Waals surface area contributed by atoms with Crippen molar-refractivity contribution in [3.05, 3.63) is 83.9 Å². The number of nitrogens with zero attached hydrogens (tertiary/aromatic N) is 3. The first-order chi connectivity index (χ1) is 17.0. The van der Waals surface area contributed by atoms with Crippen molar-refractivity contribution in [1.82, 2.24) is 15.3 Å². The van der Waals surface area contributed by atoms with Crippen molar-refractivity contribution >= 4 is 22.8 Å². The molecule has 1 aliphatic heterocycles. The molecule has 5 rings (SSSR count). The second kappa shape index (κ2) is 9.62. The van der Waals surface area contributed by atoms with Gasteiger partial charge in [0.2, 0.25) is 0 Å². The lowest BCUT2D eigenvalue weighted by atomic mass is 9.90. The number of phenolic OH excluding ortho intramolecular Hbond substituents is 1. The number of rotatable bonds is 5. The molecule has 0 aliphatic carbocycles. The van der Waals surface area contributed by atoms with E-state index in [1.54, 1.807) is 12.1 Å². The van der Waals surface area contributed by atoms with E-state index in [0.717, 1.165) is 47.2 Å². The summed E-state index contributed by atoms with van der Waals surface area (Å²) in [6.07, 6.45) is 1.25. The van der Waals surface area contributed by atoms with Crippen LogP contribution in [0.3, 0.4) is 0 Å². The molecule has 0 radical (unpaired) electrons. The number of carbonyl (C=O) groups is 1. The molecule has 4 aromatic rings. The van der Waals surface area contributed by atoms with Crippen molar-refractivity contribution in [3.63, 3.8) is 0 Å². The second-order valence-electron chi connectivity index (χ2n) is 9.06. The summed E-state index contributed by atoms with van der Waals surface area (Å²) in [6, 6.07) is 22.9. The first-order valence-corrected chi connectivity index (χ1v) is 11.9. The van der Waals surface area contributed by atoms with Crippen LogP contribution in [0.25, 0.3) is 22.3 Å². The smallest absolute Gasteiger partial charge is 0.404 e. The second-order valence-corrected chi connectivity index (χ2v) is 9.06. The van der Waals surface area contributed by atoms with Crippen LogP contribution in [0.5, 0.6) is 5.75 Å². The first kappa shape index (κ1) is 22.7. The van der Waals surface area contributed by atoms with Gasteiger partial charge in [-0.25, -0.2) is 14.8 Å². The third kappa shape index (κ3) is 4.75. The van der Waals surface area contributed by atoms with E-state index in [9.17, 15) is 15.0 Å². The van der Waals surface area contributed by atoms with E-state index in [-0.39, 0.29) is 17.8 Å². The normalized spacial score (nSPS) is 17.9. The molecule has 178 valence electrons. The Balaban J connectivity index is 1.67. The molecular formula is C28H28N4O3. The number of piperidine rings is 1. The Bertz CT molecular complexity index is 1360. The van der Waals surface area contributed by atoms with Gasteiger partial charge in [-0.15, -0.1) is 0 Å². The lowest BCUT2D eigenvalue weighted by Gasteiger charge is -2.42. The molecule has 2 atom stereocenters. The van der Waals surface area contributed by atoms with E-state index in [0.29, 0.717) is 17.8 Å². The van der Waals surface area contributed by atoms with E-state index >= 15 is 0 Å². The quantitative estimate of drug-likeness (QED) is 0.374. The van der Waals surface area contributed by atoms with Crippen LogP contribution < -0.4 is 10.2 Å². The molecule has 0 spiro atoms. The van der Waals surface area contributed by atoms with Crippen LogP contribution in [0, 0.1) is 6.92 Å².